The van der Waals surface area contributed by atoms with Crippen molar-refractivity contribution in [2.45, 2.75) is 32.2 Å². The number of nitro benzene ring substituents is 1. The van der Waals surface area contributed by atoms with Gasteiger partial charge in [0.1, 0.15) is 5.56 Å². The van der Waals surface area contributed by atoms with E-state index in [4.69, 9.17) is 15.2 Å². The van der Waals surface area contributed by atoms with Gasteiger partial charge in [-0.2, -0.15) is 0 Å². The second-order valence-electron chi connectivity index (χ2n) is 5.72. The standard InChI is InChI=1S/C16H23N3O5/c1-3-24-15-8-13(19(21)22)11(7-14(15)23-2)16(20)18-12-6-4-5-10(12)9-17/h7-8,10,12H,3-6,9,17H2,1-2H3,(H,18,20). The highest BCUT2D eigenvalue weighted by Gasteiger charge is 2.31. The second kappa shape index (κ2) is 7.96. The molecule has 0 saturated heterocycles. The number of methoxy groups -OCH3 is 1. The van der Waals surface area contributed by atoms with Gasteiger partial charge >= 0.3 is 0 Å². The number of nitrogens with zero attached hydrogens (tertiary/aromatic N) is 1. The highest BCUT2D eigenvalue weighted by atomic mass is 16.6. The lowest BCUT2D eigenvalue weighted by Crippen LogP contribution is -2.40. The van der Waals surface area contributed by atoms with Crippen molar-refractivity contribution in [1.82, 2.24) is 5.32 Å². The van der Waals surface area contributed by atoms with Crippen molar-refractivity contribution in [1.29, 1.82) is 0 Å². The average Bonchev–Trinajstić information content (AvgIpc) is 3.01. The van der Waals surface area contributed by atoms with Gasteiger partial charge in [-0.05, 0) is 32.2 Å². The first-order valence-corrected chi connectivity index (χ1v) is 8.01. The summed E-state index contributed by atoms with van der Waals surface area (Å²) in [5.74, 6) is 0.240. The van der Waals surface area contributed by atoms with Crippen LogP contribution in [-0.4, -0.2) is 37.1 Å². The third kappa shape index (κ3) is 3.76. The van der Waals surface area contributed by atoms with E-state index in [9.17, 15) is 14.9 Å². The van der Waals surface area contributed by atoms with Crippen LogP contribution in [0, 0.1) is 16.0 Å². The van der Waals surface area contributed by atoms with E-state index in [1.165, 1.54) is 19.2 Å². The molecule has 1 saturated carbocycles. The summed E-state index contributed by atoms with van der Waals surface area (Å²) < 4.78 is 10.5. The van der Waals surface area contributed by atoms with E-state index < -0.39 is 10.8 Å². The first kappa shape index (κ1) is 18.0. The van der Waals surface area contributed by atoms with Gasteiger partial charge < -0.3 is 20.5 Å². The monoisotopic (exact) mass is 337 g/mol. The molecule has 0 radical (unpaired) electrons. The number of carbonyl (C=O) groups is 1. The molecule has 8 heteroatoms. The maximum absolute atomic E-state index is 12.6. The largest absolute Gasteiger partial charge is 0.493 e. The average molecular weight is 337 g/mol. The smallest absolute Gasteiger partial charge is 0.286 e. The molecule has 0 aromatic heterocycles. The van der Waals surface area contributed by atoms with E-state index in [0.29, 0.717) is 13.2 Å². The van der Waals surface area contributed by atoms with Crippen LogP contribution in [0.4, 0.5) is 5.69 Å². The predicted molar refractivity (Wildman–Crippen MR) is 88.5 cm³/mol. The van der Waals surface area contributed by atoms with Gasteiger partial charge in [0, 0.05) is 12.1 Å². The molecule has 2 atom stereocenters. The molecule has 1 fully saturated rings. The molecule has 1 aliphatic carbocycles. The zero-order chi connectivity index (χ0) is 17.7. The van der Waals surface area contributed by atoms with Crippen molar-refractivity contribution in [3.8, 4) is 11.5 Å². The van der Waals surface area contributed by atoms with Gasteiger partial charge in [0.05, 0.1) is 24.7 Å². The Morgan fingerprint density at radius 3 is 2.75 bits per heavy atom. The summed E-state index contributed by atoms with van der Waals surface area (Å²) in [4.78, 5) is 23.3. The van der Waals surface area contributed by atoms with Crippen LogP contribution in [0.25, 0.3) is 0 Å². The van der Waals surface area contributed by atoms with Gasteiger partial charge in [-0.25, -0.2) is 0 Å². The van der Waals surface area contributed by atoms with E-state index in [2.05, 4.69) is 5.32 Å². The minimum absolute atomic E-state index is 0.0389. The van der Waals surface area contributed by atoms with Gasteiger partial charge in [0.15, 0.2) is 11.5 Å². The third-order valence-electron chi connectivity index (χ3n) is 4.30. The van der Waals surface area contributed by atoms with Gasteiger partial charge in [0.2, 0.25) is 0 Å². The number of benzene rings is 1. The highest BCUT2D eigenvalue weighted by Crippen LogP contribution is 2.35. The maximum Gasteiger partial charge on any atom is 0.286 e. The van der Waals surface area contributed by atoms with Crippen molar-refractivity contribution in [2.75, 3.05) is 20.3 Å². The van der Waals surface area contributed by atoms with E-state index in [1.54, 1.807) is 6.92 Å². The molecule has 3 N–H and O–H groups in total. The fourth-order valence-corrected chi connectivity index (χ4v) is 3.07. The summed E-state index contributed by atoms with van der Waals surface area (Å²) in [6.07, 6.45) is 2.77. The quantitative estimate of drug-likeness (QED) is 0.579. The fourth-order valence-electron chi connectivity index (χ4n) is 3.07. The predicted octanol–water partition coefficient (Wildman–Crippen LogP) is 1.86. The van der Waals surface area contributed by atoms with Crippen molar-refractivity contribution < 1.29 is 19.2 Å². The number of nitro groups is 1. The number of nitrogens with one attached hydrogen (secondary N) is 1. The number of ether oxygens (including phenoxy) is 2. The molecule has 2 rings (SSSR count). The Morgan fingerprint density at radius 2 is 2.17 bits per heavy atom. The Morgan fingerprint density at radius 1 is 1.42 bits per heavy atom. The van der Waals surface area contributed by atoms with Crippen molar-refractivity contribution in [3.63, 3.8) is 0 Å². The third-order valence-corrected chi connectivity index (χ3v) is 4.30. The molecule has 0 aliphatic heterocycles. The van der Waals surface area contributed by atoms with Crippen LogP contribution < -0.4 is 20.5 Å². The summed E-state index contributed by atoms with van der Waals surface area (Å²) in [6, 6.07) is 2.52. The summed E-state index contributed by atoms with van der Waals surface area (Å²) in [7, 11) is 1.42. The highest BCUT2D eigenvalue weighted by molar-refractivity contribution is 5.99. The Labute approximate surface area is 140 Å². The number of rotatable bonds is 7. The van der Waals surface area contributed by atoms with Crippen LogP contribution in [0.2, 0.25) is 0 Å². The number of nitrogens with two attached hydrogens (primary N) is 1. The zero-order valence-electron chi connectivity index (χ0n) is 13.9. The summed E-state index contributed by atoms with van der Waals surface area (Å²) in [6.45, 7) is 2.58. The van der Waals surface area contributed by atoms with Gasteiger partial charge in [-0.3, -0.25) is 14.9 Å². The van der Waals surface area contributed by atoms with E-state index >= 15 is 0 Å². The molecular formula is C16H23N3O5. The lowest BCUT2D eigenvalue weighted by atomic mass is 10.0. The molecule has 0 bridgehead atoms. The second-order valence-corrected chi connectivity index (χ2v) is 5.72. The molecule has 1 amide bonds. The Hall–Kier alpha value is -2.35. The minimum Gasteiger partial charge on any atom is -0.493 e. The van der Waals surface area contributed by atoms with Crippen LogP contribution in [0.15, 0.2) is 12.1 Å². The molecule has 1 aliphatic rings. The molecule has 8 nitrogen and oxygen atoms in total. The van der Waals surface area contributed by atoms with E-state index in [0.717, 1.165) is 19.3 Å². The zero-order valence-corrected chi connectivity index (χ0v) is 13.9. The first-order chi connectivity index (χ1) is 11.5. The van der Waals surface area contributed by atoms with Crippen LogP contribution >= 0.6 is 0 Å². The van der Waals surface area contributed by atoms with Crippen LogP contribution in [0.5, 0.6) is 11.5 Å². The molecule has 1 aromatic rings. The Kier molecular flexibility index (Phi) is 5.97. The molecule has 2 unspecified atom stereocenters. The summed E-state index contributed by atoms with van der Waals surface area (Å²) in [5, 5.41) is 14.2. The molecular weight excluding hydrogens is 314 g/mol. The van der Waals surface area contributed by atoms with E-state index in [-0.39, 0.29) is 34.7 Å². The summed E-state index contributed by atoms with van der Waals surface area (Å²) >= 11 is 0. The van der Waals surface area contributed by atoms with Crippen molar-refractivity contribution in [3.05, 3.63) is 27.8 Å². The lowest BCUT2D eigenvalue weighted by molar-refractivity contribution is -0.385. The van der Waals surface area contributed by atoms with Crippen molar-refractivity contribution in [2.24, 2.45) is 11.7 Å². The maximum atomic E-state index is 12.6. The molecule has 132 valence electrons. The van der Waals surface area contributed by atoms with E-state index in [1.807, 2.05) is 0 Å². The summed E-state index contributed by atoms with van der Waals surface area (Å²) in [5.41, 5.74) is 5.37. The number of amides is 1. The Bertz CT molecular complexity index is 620. The van der Waals surface area contributed by atoms with Crippen LogP contribution in [0.1, 0.15) is 36.5 Å². The molecule has 24 heavy (non-hydrogen) atoms. The van der Waals surface area contributed by atoms with Gasteiger partial charge in [-0.15, -0.1) is 0 Å². The minimum atomic E-state index is -0.591. The number of carbonyl (C=O) groups excluding carboxylic acids is 1. The lowest BCUT2D eigenvalue weighted by Gasteiger charge is -2.20. The Balaban J connectivity index is 2.33. The first-order valence-electron chi connectivity index (χ1n) is 8.01. The molecule has 0 heterocycles. The molecule has 1 aromatic carbocycles. The normalized spacial score (nSPS) is 19.8. The SMILES string of the molecule is CCOc1cc([N+](=O)[O-])c(C(=O)NC2CCCC2CN)cc1OC. The fraction of sp³-hybridized carbons (Fsp3) is 0.562. The number of hydrogen-bond donors (Lipinski definition) is 2. The van der Waals surface area contributed by atoms with Gasteiger partial charge in [0.25, 0.3) is 11.6 Å². The van der Waals surface area contributed by atoms with Crippen molar-refractivity contribution >= 4 is 11.6 Å². The number of hydrogen-bond acceptors (Lipinski definition) is 6. The molecule has 0 spiro atoms. The topological polar surface area (TPSA) is 117 Å². The van der Waals surface area contributed by atoms with Gasteiger partial charge in [-0.1, -0.05) is 6.42 Å². The van der Waals surface area contributed by atoms with Crippen LogP contribution in [-0.2, 0) is 0 Å². The van der Waals surface area contributed by atoms with Crippen LogP contribution in [0.3, 0.4) is 0 Å².